The fourth-order valence-corrected chi connectivity index (χ4v) is 1.38. The van der Waals surface area contributed by atoms with Crippen LogP contribution in [-0.4, -0.2) is 11.5 Å². The molecule has 1 aromatic rings. The van der Waals surface area contributed by atoms with Crippen molar-refractivity contribution < 1.29 is 0 Å². The van der Waals surface area contributed by atoms with Crippen molar-refractivity contribution in [2.75, 3.05) is 11.9 Å². The lowest BCUT2D eigenvalue weighted by molar-refractivity contribution is 0.830. The first-order valence-electron chi connectivity index (χ1n) is 4.57. The van der Waals surface area contributed by atoms with E-state index in [9.17, 15) is 0 Å². The molecule has 74 valence electrons. The highest BCUT2D eigenvalue weighted by Gasteiger charge is 2.02. The van der Waals surface area contributed by atoms with Crippen LogP contribution in [0.25, 0.3) is 0 Å². The molecule has 1 aromatic heterocycles. The number of nitrogens with one attached hydrogen (secondary N) is 1. The molecule has 0 aliphatic rings. The van der Waals surface area contributed by atoms with E-state index in [0.29, 0.717) is 11.4 Å². The van der Waals surface area contributed by atoms with Gasteiger partial charge in [0.05, 0.1) is 5.56 Å². The molecule has 0 radical (unpaired) electrons. The Morgan fingerprint density at radius 1 is 1.64 bits per heavy atom. The molecule has 14 heavy (non-hydrogen) atoms. The number of unbranched alkanes of at least 4 members (excludes halogenated alkanes) is 1. The third-order valence-corrected chi connectivity index (χ3v) is 2.23. The van der Waals surface area contributed by atoms with Gasteiger partial charge in [-0.1, -0.05) is 13.3 Å². The summed E-state index contributed by atoms with van der Waals surface area (Å²) in [6, 6.07) is 3.87. The molecule has 0 aromatic carbocycles. The van der Waals surface area contributed by atoms with E-state index in [1.165, 1.54) is 0 Å². The third-order valence-electron chi connectivity index (χ3n) is 1.80. The average Bonchev–Trinajstić information content (AvgIpc) is 2.20. The van der Waals surface area contributed by atoms with Crippen molar-refractivity contribution in [1.29, 1.82) is 5.26 Å². The van der Waals surface area contributed by atoms with Gasteiger partial charge in [-0.05, 0) is 28.4 Å². The molecule has 0 aliphatic carbocycles. The van der Waals surface area contributed by atoms with Crippen LogP contribution in [0.2, 0.25) is 0 Å². The molecule has 0 atom stereocenters. The smallest absolute Gasteiger partial charge is 0.143 e. The lowest BCUT2D eigenvalue weighted by Crippen LogP contribution is -2.04. The molecule has 0 amide bonds. The lowest BCUT2D eigenvalue weighted by atomic mass is 10.2. The summed E-state index contributed by atoms with van der Waals surface area (Å²) in [5.74, 6) is 0.671. The van der Waals surface area contributed by atoms with Gasteiger partial charge < -0.3 is 5.32 Å². The van der Waals surface area contributed by atoms with Crippen molar-refractivity contribution in [2.45, 2.75) is 19.8 Å². The number of nitrogens with zero attached hydrogens (tertiary/aromatic N) is 2. The monoisotopic (exact) mass is 253 g/mol. The summed E-state index contributed by atoms with van der Waals surface area (Å²) in [4.78, 5) is 4.14. The van der Waals surface area contributed by atoms with Gasteiger partial charge in [0.25, 0.3) is 0 Å². The largest absolute Gasteiger partial charge is 0.369 e. The summed E-state index contributed by atoms with van der Waals surface area (Å²) in [5.41, 5.74) is 0.579. The van der Waals surface area contributed by atoms with Gasteiger partial charge in [-0.15, -0.1) is 0 Å². The maximum absolute atomic E-state index is 8.85. The van der Waals surface area contributed by atoms with Crippen molar-refractivity contribution >= 4 is 21.7 Å². The number of aromatic nitrogens is 1. The Balaban J connectivity index is 2.72. The first-order chi connectivity index (χ1) is 6.77. The lowest BCUT2D eigenvalue weighted by Gasteiger charge is -2.05. The predicted octanol–water partition coefficient (Wildman–Crippen LogP) is 2.93. The van der Waals surface area contributed by atoms with Crippen molar-refractivity contribution in [2.24, 2.45) is 0 Å². The number of hydrogen-bond acceptors (Lipinski definition) is 3. The molecule has 0 saturated carbocycles. The van der Waals surface area contributed by atoms with Crippen LogP contribution in [0.3, 0.4) is 0 Å². The Labute approximate surface area is 92.3 Å². The molecule has 1 N–H and O–H groups in total. The topological polar surface area (TPSA) is 48.7 Å². The van der Waals surface area contributed by atoms with Gasteiger partial charge in [0, 0.05) is 17.2 Å². The molecule has 0 spiro atoms. The Bertz CT molecular complexity index is 344. The van der Waals surface area contributed by atoms with Crippen LogP contribution in [0.5, 0.6) is 0 Å². The molecule has 3 nitrogen and oxygen atoms in total. The first kappa shape index (κ1) is 11.0. The molecule has 1 rings (SSSR count). The zero-order valence-corrected chi connectivity index (χ0v) is 9.63. The number of halogens is 1. The quantitative estimate of drug-likeness (QED) is 0.840. The van der Waals surface area contributed by atoms with Crippen LogP contribution < -0.4 is 5.32 Å². The maximum Gasteiger partial charge on any atom is 0.143 e. The van der Waals surface area contributed by atoms with Crippen LogP contribution >= 0.6 is 15.9 Å². The van der Waals surface area contributed by atoms with Gasteiger partial charge in [-0.2, -0.15) is 5.26 Å². The zero-order chi connectivity index (χ0) is 10.4. The van der Waals surface area contributed by atoms with Crippen LogP contribution in [0.1, 0.15) is 25.3 Å². The van der Waals surface area contributed by atoms with Gasteiger partial charge in [-0.3, -0.25) is 0 Å². The van der Waals surface area contributed by atoms with E-state index in [2.05, 4.69) is 39.2 Å². The molecule has 0 saturated heterocycles. The second-order valence-corrected chi connectivity index (χ2v) is 3.86. The van der Waals surface area contributed by atoms with Gasteiger partial charge in [0.2, 0.25) is 0 Å². The van der Waals surface area contributed by atoms with E-state index in [1.807, 2.05) is 0 Å². The van der Waals surface area contributed by atoms with Crippen molar-refractivity contribution in [3.63, 3.8) is 0 Å². The normalized spacial score (nSPS) is 9.50. The number of pyridine rings is 1. The van der Waals surface area contributed by atoms with E-state index < -0.39 is 0 Å². The predicted molar refractivity (Wildman–Crippen MR) is 60.0 cm³/mol. The molecular weight excluding hydrogens is 242 g/mol. The van der Waals surface area contributed by atoms with Crippen LogP contribution in [-0.2, 0) is 0 Å². The van der Waals surface area contributed by atoms with E-state index in [4.69, 9.17) is 5.26 Å². The molecule has 4 heteroatoms. The number of anilines is 1. The summed E-state index contributed by atoms with van der Waals surface area (Å²) in [7, 11) is 0. The number of nitriles is 1. The third kappa shape index (κ3) is 3.00. The summed E-state index contributed by atoms with van der Waals surface area (Å²) in [5, 5.41) is 12.0. The van der Waals surface area contributed by atoms with Crippen molar-refractivity contribution in [1.82, 2.24) is 4.98 Å². The molecule has 0 bridgehead atoms. The average molecular weight is 254 g/mol. The van der Waals surface area contributed by atoms with Crippen LogP contribution in [0, 0.1) is 11.3 Å². The number of hydrogen-bond donors (Lipinski definition) is 1. The van der Waals surface area contributed by atoms with Crippen molar-refractivity contribution in [3.8, 4) is 6.07 Å². The summed E-state index contributed by atoms with van der Waals surface area (Å²) in [6.07, 6.45) is 3.91. The Kier molecular flexibility index (Phi) is 4.41. The van der Waals surface area contributed by atoms with Gasteiger partial charge in [-0.25, -0.2) is 4.98 Å². The molecule has 0 aliphatic heterocycles. The molecule has 1 heterocycles. The fourth-order valence-electron chi connectivity index (χ4n) is 1.05. The highest BCUT2D eigenvalue weighted by atomic mass is 79.9. The zero-order valence-electron chi connectivity index (χ0n) is 8.05. The van der Waals surface area contributed by atoms with Crippen molar-refractivity contribution in [3.05, 3.63) is 22.3 Å². The fraction of sp³-hybridized carbons (Fsp3) is 0.400. The first-order valence-corrected chi connectivity index (χ1v) is 5.36. The molecular formula is C10H12BrN3. The molecule has 0 unspecified atom stereocenters. The van der Waals surface area contributed by atoms with Crippen LogP contribution in [0.15, 0.2) is 16.7 Å². The second kappa shape index (κ2) is 5.61. The van der Waals surface area contributed by atoms with Gasteiger partial charge >= 0.3 is 0 Å². The Morgan fingerprint density at radius 2 is 2.43 bits per heavy atom. The van der Waals surface area contributed by atoms with E-state index >= 15 is 0 Å². The van der Waals surface area contributed by atoms with E-state index in [1.54, 1.807) is 12.3 Å². The highest BCUT2D eigenvalue weighted by molar-refractivity contribution is 9.10. The maximum atomic E-state index is 8.85. The minimum atomic E-state index is 0.579. The van der Waals surface area contributed by atoms with E-state index in [-0.39, 0.29) is 0 Å². The summed E-state index contributed by atoms with van der Waals surface area (Å²) < 4.78 is 0.829. The second-order valence-electron chi connectivity index (χ2n) is 2.94. The SMILES string of the molecule is CCCCNc1ncc(Br)cc1C#N. The van der Waals surface area contributed by atoms with Gasteiger partial charge in [0.15, 0.2) is 0 Å². The number of rotatable bonds is 4. The standard InChI is InChI=1S/C10H12BrN3/c1-2-3-4-13-10-8(6-12)5-9(11)7-14-10/h5,7H,2-4H2,1H3,(H,13,14). The minimum Gasteiger partial charge on any atom is -0.369 e. The van der Waals surface area contributed by atoms with Crippen LogP contribution in [0.4, 0.5) is 5.82 Å². The highest BCUT2D eigenvalue weighted by Crippen LogP contribution is 2.16. The van der Waals surface area contributed by atoms with E-state index in [0.717, 1.165) is 23.9 Å². The Hall–Kier alpha value is -1.08. The summed E-state index contributed by atoms with van der Waals surface area (Å²) in [6.45, 7) is 2.99. The minimum absolute atomic E-state index is 0.579. The summed E-state index contributed by atoms with van der Waals surface area (Å²) >= 11 is 3.28. The van der Waals surface area contributed by atoms with Gasteiger partial charge in [0.1, 0.15) is 11.9 Å². The Morgan fingerprint density at radius 3 is 3.07 bits per heavy atom. The molecule has 0 fully saturated rings.